The van der Waals surface area contributed by atoms with Gasteiger partial charge >= 0.3 is 0 Å². The van der Waals surface area contributed by atoms with E-state index >= 15 is 0 Å². The third-order valence-electron chi connectivity index (χ3n) is 5.14. The average molecular weight is 507 g/mol. The van der Waals surface area contributed by atoms with Crippen molar-refractivity contribution in [3.63, 3.8) is 0 Å². The van der Waals surface area contributed by atoms with E-state index in [1.165, 1.54) is 18.7 Å². The fraction of sp³-hybridized carbons (Fsp3) is 0.789. The maximum atomic E-state index is 5.45. The number of hydrogen-bond acceptors (Lipinski definition) is 5. The minimum Gasteiger partial charge on any atom is -0.379 e. The van der Waals surface area contributed by atoms with Gasteiger partial charge in [-0.05, 0) is 12.3 Å². The summed E-state index contributed by atoms with van der Waals surface area (Å²) in [5.74, 6) is 1.72. The number of guanidine groups is 1. The van der Waals surface area contributed by atoms with Crippen LogP contribution in [0.25, 0.3) is 0 Å². The predicted octanol–water partition coefficient (Wildman–Crippen LogP) is 2.79. The van der Waals surface area contributed by atoms with Crippen LogP contribution < -0.4 is 5.32 Å². The van der Waals surface area contributed by atoms with Gasteiger partial charge in [0.25, 0.3) is 0 Å². The Morgan fingerprint density at radius 1 is 1.33 bits per heavy atom. The van der Waals surface area contributed by atoms with Gasteiger partial charge in [0.2, 0.25) is 0 Å². The molecule has 6 nitrogen and oxygen atoms in total. The van der Waals surface area contributed by atoms with Gasteiger partial charge in [0, 0.05) is 50.6 Å². The third kappa shape index (κ3) is 6.54. The van der Waals surface area contributed by atoms with E-state index in [1.54, 1.807) is 11.3 Å². The number of rotatable bonds is 4. The van der Waals surface area contributed by atoms with Crippen molar-refractivity contribution < 1.29 is 4.74 Å². The Kier molecular flexibility index (Phi) is 8.76. The molecule has 0 aliphatic carbocycles. The summed E-state index contributed by atoms with van der Waals surface area (Å²) < 4.78 is 5.45. The SMILES string of the molecule is CN=C(NCc1nc(C(C)(C)C)cs1)N1CCC(CN2CCOCC2)C1.I. The van der Waals surface area contributed by atoms with E-state index in [4.69, 9.17) is 9.72 Å². The zero-order valence-corrected chi connectivity index (χ0v) is 20.2. The largest absolute Gasteiger partial charge is 0.379 e. The molecule has 3 rings (SSSR count). The zero-order chi connectivity index (χ0) is 18.6. The molecule has 0 aromatic carbocycles. The molecule has 154 valence electrons. The summed E-state index contributed by atoms with van der Waals surface area (Å²) in [6, 6.07) is 0. The molecular weight excluding hydrogens is 473 g/mol. The lowest BCUT2D eigenvalue weighted by atomic mass is 9.93. The first kappa shape index (κ1) is 22.8. The van der Waals surface area contributed by atoms with E-state index in [1.807, 2.05) is 7.05 Å². The highest BCUT2D eigenvalue weighted by Gasteiger charge is 2.27. The van der Waals surface area contributed by atoms with Crippen LogP contribution in [0.3, 0.4) is 0 Å². The minimum absolute atomic E-state index is 0. The number of likely N-dealkylation sites (tertiary alicyclic amines) is 1. The number of aromatic nitrogens is 1. The summed E-state index contributed by atoms with van der Waals surface area (Å²) in [6.45, 7) is 14.6. The van der Waals surface area contributed by atoms with E-state index in [-0.39, 0.29) is 29.4 Å². The van der Waals surface area contributed by atoms with Crippen LogP contribution in [0.15, 0.2) is 10.4 Å². The highest BCUT2D eigenvalue weighted by atomic mass is 127. The smallest absolute Gasteiger partial charge is 0.194 e. The Hall–Kier alpha value is -0.450. The molecule has 0 bridgehead atoms. The zero-order valence-electron chi connectivity index (χ0n) is 17.0. The number of morpholine rings is 1. The van der Waals surface area contributed by atoms with Crippen LogP contribution >= 0.6 is 35.3 Å². The van der Waals surface area contributed by atoms with Crippen LogP contribution in [-0.2, 0) is 16.7 Å². The quantitative estimate of drug-likeness (QED) is 0.386. The van der Waals surface area contributed by atoms with Crippen LogP contribution in [0.1, 0.15) is 37.9 Å². The maximum absolute atomic E-state index is 5.45. The molecule has 1 aromatic heterocycles. The van der Waals surface area contributed by atoms with Crippen molar-refractivity contribution in [2.24, 2.45) is 10.9 Å². The van der Waals surface area contributed by atoms with Crippen LogP contribution in [0.5, 0.6) is 0 Å². The molecule has 3 heterocycles. The van der Waals surface area contributed by atoms with Gasteiger partial charge in [-0.1, -0.05) is 20.8 Å². The summed E-state index contributed by atoms with van der Waals surface area (Å²) in [6.07, 6.45) is 1.24. The molecule has 8 heteroatoms. The van der Waals surface area contributed by atoms with Gasteiger partial charge in [0.05, 0.1) is 25.5 Å². The molecule has 0 radical (unpaired) electrons. The van der Waals surface area contributed by atoms with Gasteiger partial charge in [-0.2, -0.15) is 0 Å². The lowest BCUT2D eigenvalue weighted by molar-refractivity contribution is 0.0315. The molecule has 2 aliphatic rings. The fourth-order valence-corrected chi connectivity index (χ4v) is 4.51. The molecule has 27 heavy (non-hydrogen) atoms. The minimum atomic E-state index is 0. The van der Waals surface area contributed by atoms with Crippen molar-refractivity contribution in [3.8, 4) is 0 Å². The molecule has 0 saturated carbocycles. The summed E-state index contributed by atoms with van der Waals surface area (Å²) in [7, 11) is 1.88. The second-order valence-corrected chi connectivity index (χ2v) is 9.23. The Labute approximate surface area is 184 Å². The number of aliphatic imine (C=N–C) groups is 1. The Morgan fingerprint density at radius 3 is 2.70 bits per heavy atom. The number of halogens is 1. The number of thiazole rings is 1. The van der Waals surface area contributed by atoms with Gasteiger partial charge < -0.3 is 15.0 Å². The normalized spacial score (nSPS) is 22.0. The highest BCUT2D eigenvalue weighted by Crippen LogP contribution is 2.24. The third-order valence-corrected chi connectivity index (χ3v) is 5.98. The number of ether oxygens (including phenoxy) is 1. The predicted molar refractivity (Wildman–Crippen MR) is 123 cm³/mol. The van der Waals surface area contributed by atoms with Crippen LogP contribution in [0, 0.1) is 5.92 Å². The second kappa shape index (κ2) is 10.4. The van der Waals surface area contributed by atoms with Crippen LogP contribution in [-0.4, -0.2) is 73.7 Å². The van der Waals surface area contributed by atoms with Crippen molar-refractivity contribution in [3.05, 3.63) is 16.1 Å². The first-order valence-corrected chi connectivity index (χ1v) is 10.5. The maximum Gasteiger partial charge on any atom is 0.194 e. The average Bonchev–Trinajstić information content (AvgIpc) is 3.26. The van der Waals surface area contributed by atoms with Gasteiger partial charge in [-0.3, -0.25) is 9.89 Å². The highest BCUT2D eigenvalue weighted by molar-refractivity contribution is 14.0. The molecule has 1 atom stereocenters. The van der Waals surface area contributed by atoms with Gasteiger partial charge in [0.1, 0.15) is 5.01 Å². The molecule has 0 spiro atoms. The lowest BCUT2D eigenvalue weighted by Gasteiger charge is -2.29. The summed E-state index contributed by atoms with van der Waals surface area (Å²) in [4.78, 5) is 14.2. The molecule has 2 fully saturated rings. The Morgan fingerprint density at radius 2 is 2.07 bits per heavy atom. The molecule has 0 amide bonds. The van der Waals surface area contributed by atoms with E-state index in [2.05, 4.69) is 46.3 Å². The van der Waals surface area contributed by atoms with Gasteiger partial charge in [-0.25, -0.2) is 4.98 Å². The molecular formula is C19H34IN5OS. The standard InChI is InChI=1S/C19H33N5OS.HI/c1-19(2,3)16-14-26-17(22-16)11-21-18(20-4)24-6-5-15(13-24)12-23-7-9-25-10-8-23;/h14-15H,5-13H2,1-4H3,(H,20,21);1H. The molecule has 2 saturated heterocycles. The number of nitrogens with one attached hydrogen (secondary N) is 1. The van der Waals surface area contributed by atoms with Gasteiger partial charge in [-0.15, -0.1) is 35.3 Å². The topological polar surface area (TPSA) is 53.0 Å². The Bertz CT molecular complexity index is 609. The van der Waals surface area contributed by atoms with Crippen molar-refractivity contribution in [1.82, 2.24) is 20.1 Å². The lowest BCUT2D eigenvalue weighted by Crippen LogP contribution is -2.42. The number of nitrogens with zero attached hydrogens (tertiary/aromatic N) is 4. The van der Waals surface area contributed by atoms with Crippen molar-refractivity contribution in [2.75, 3.05) is 53.0 Å². The first-order valence-electron chi connectivity index (χ1n) is 9.66. The molecule has 1 aromatic rings. The van der Waals surface area contributed by atoms with E-state index < -0.39 is 0 Å². The monoisotopic (exact) mass is 507 g/mol. The van der Waals surface area contributed by atoms with Crippen molar-refractivity contribution in [2.45, 2.75) is 39.2 Å². The summed E-state index contributed by atoms with van der Waals surface area (Å²) in [5, 5.41) is 6.81. The molecule has 1 N–H and O–H groups in total. The summed E-state index contributed by atoms with van der Waals surface area (Å²) >= 11 is 1.73. The van der Waals surface area contributed by atoms with E-state index in [0.29, 0.717) is 0 Å². The first-order chi connectivity index (χ1) is 12.5. The van der Waals surface area contributed by atoms with E-state index in [0.717, 1.165) is 62.8 Å². The molecule has 1 unspecified atom stereocenters. The summed E-state index contributed by atoms with van der Waals surface area (Å²) in [5.41, 5.74) is 1.28. The van der Waals surface area contributed by atoms with Crippen molar-refractivity contribution in [1.29, 1.82) is 0 Å². The van der Waals surface area contributed by atoms with Gasteiger partial charge in [0.15, 0.2) is 5.96 Å². The molecule has 2 aliphatic heterocycles. The second-order valence-electron chi connectivity index (χ2n) is 8.29. The van der Waals surface area contributed by atoms with Crippen molar-refractivity contribution >= 4 is 41.3 Å². The van der Waals surface area contributed by atoms with Crippen LogP contribution in [0.2, 0.25) is 0 Å². The fourth-order valence-electron chi connectivity index (χ4n) is 3.55. The van der Waals surface area contributed by atoms with Crippen LogP contribution in [0.4, 0.5) is 0 Å². The van der Waals surface area contributed by atoms with E-state index in [9.17, 15) is 0 Å². The Balaban J connectivity index is 0.00000261. The number of hydrogen-bond donors (Lipinski definition) is 1.